The Kier molecular flexibility index (Phi) is 5.11. The number of nitrogens with zero attached hydrogens (tertiary/aromatic N) is 1. The summed E-state index contributed by atoms with van der Waals surface area (Å²) in [4.78, 5) is 0. The molecular weight excluding hydrogens is 479 g/mol. The third kappa shape index (κ3) is 3.51. The van der Waals surface area contributed by atoms with Gasteiger partial charge < -0.3 is 24.7 Å². The van der Waals surface area contributed by atoms with E-state index in [-0.39, 0.29) is 30.7 Å². The number of ether oxygens (including phenoxy) is 4. The van der Waals surface area contributed by atoms with Crippen LogP contribution in [0.15, 0.2) is 70.5 Å². The maximum Gasteiger partial charge on any atom is 0.231 e. The average Bonchev–Trinajstić information content (AvgIpc) is 3.24. The predicted molar refractivity (Wildman–Crippen MR) is 117 cm³/mol. The molecule has 3 aromatic carbocycles. The lowest BCUT2D eigenvalue weighted by molar-refractivity contribution is 0.174. The number of benzene rings is 3. The Hall–Kier alpha value is -3.70. The summed E-state index contributed by atoms with van der Waals surface area (Å²) in [6, 6.07) is 17.5. The molecule has 6 nitrogen and oxygen atoms in total. The molecule has 0 spiro atoms. The van der Waals surface area contributed by atoms with Crippen molar-refractivity contribution in [2.45, 2.75) is 12.5 Å². The van der Waals surface area contributed by atoms with Crippen LogP contribution < -0.4 is 24.7 Å². The minimum Gasteiger partial charge on any atom is -0.488 e. The number of halogens is 2. The minimum atomic E-state index is -0.577. The minimum absolute atomic E-state index is 0.00361. The second kappa shape index (κ2) is 8.09. The molecule has 0 radical (unpaired) electrons. The molecule has 8 heteroatoms. The van der Waals surface area contributed by atoms with Crippen LogP contribution in [0.5, 0.6) is 23.0 Å². The standard InChI is InChI=1S/C24H16BrFN2O4/c25-14-5-6-19(29-11-13-3-1-2-4-18(13)26)15(7-14)23-16-8-21-22(31-12-30-21)9-20(16)32-24(28)17(23)10-27/h1-9,23H,11-12,28H2/t23-/m1/s1. The Morgan fingerprint density at radius 3 is 2.62 bits per heavy atom. The number of fused-ring (bicyclic) bond motifs is 2. The van der Waals surface area contributed by atoms with Crippen LogP contribution in [0.4, 0.5) is 4.39 Å². The molecule has 2 aliphatic heterocycles. The van der Waals surface area contributed by atoms with Gasteiger partial charge in [-0.3, -0.25) is 0 Å². The van der Waals surface area contributed by atoms with Gasteiger partial charge in [0.15, 0.2) is 11.5 Å². The van der Waals surface area contributed by atoms with Gasteiger partial charge in [0.05, 0.1) is 5.92 Å². The fourth-order valence-corrected chi connectivity index (χ4v) is 4.19. The molecule has 0 amide bonds. The van der Waals surface area contributed by atoms with E-state index in [0.717, 1.165) is 4.47 Å². The van der Waals surface area contributed by atoms with Crippen LogP contribution in [-0.2, 0) is 6.61 Å². The number of nitrogens with two attached hydrogens (primary N) is 1. The van der Waals surface area contributed by atoms with Gasteiger partial charge in [-0.05, 0) is 30.3 Å². The van der Waals surface area contributed by atoms with Gasteiger partial charge in [-0.2, -0.15) is 5.26 Å². The molecule has 0 bridgehead atoms. The summed E-state index contributed by atoms with van der Waals surface area (Å²) in [7, 11) is 0. The fourth-order valence-electron chi connectivity index (χ4n) is 3.81. The Morgan fingerprint density at radius 2 is 1.84 bits per heavy atom. The van der Waals surface area contributed by atoms with Gasteiger partial charge in [0.2, 0.25) is 12.7 Å². The summed E-state index contributed by atoms with van der Waals surface area (Å²) in [5.41, 5.74) is 8.14. The first kappa shape index (κ1) is 20.2. The Balaban J connectivity index is 1.61. The van der Waals surface area contributed by atoms with E-state index in [1.54, 1.807) is 36.4 Å². The van der Waals surface area contributed by atoms with Gasteiger partial charge in [-0.15, -0.1) is 0 Å². The summed E-state index contributed by atoms with van der Waals surface area (Å²) >= 11 is 3.50. The maximum atomic E-state index is 14.1. The van der Waals surface area contributed by atoms with E-state index in [2.05, 4.69) is 22.0 Å². The Morgan fingerprint density at radius 1 is 1.06 bits per heavy atom. The molecule has 32 heavy (non-hydrogen) atoms. The highest BCUT2D eigenvalue weighted by Gasteiger charge is 2.35. The van der Waals surface area contributed by atoms with E-state index in [9.17, 15) is 9.65 Å². The molecular formula is C24H16BrFN2O4. The van der Waals surface area contributed by atoms with Crippen LogP contribution in [-0.4, -0.2) is 6.79 Å². The van der Waals surface area contributed by atoms with Crippen molar-refractivity contribution < 1.29 is 23.3 Å². The molecule has 3 aromatic rings. The first-order valence-electron chi connectivity index (χ1n) is 9.72. The van der Waals surface area contributed by atoms with E-state index in [4.69, 9.17) is 24.7 Å². The van der Waals surface area contributed by atoms with Gasteiger partial charge in [0.25, 0.3) is 0 Å². The molecule has 1 atom stereocenters. The summed E-state index contributed by atoms with van der Waals surface area (Å²) in [5, 5.41) is 9.89. The van der Waals surface area contributed by atoms with Crippen LogP contribution >= 0.6 is 15.9 Å². The van der Waals surface area contributed by atoms with Crippen LogP contribution in [0.2, 0.25) is 0 Å². The molecule has 0 saturated carbocycles. The zero-order chi connectivity index (χ0) is 22.2. The smallest absolute Gasteiger partial charge is 0.231 e. The highest BCUT2D eigenvalue weighted by Crippen LogP contribution is 2.49. The Bertz CT molecular complexity index is 1300. The van der Waals surface area contributed by atoms with Crippen molar-refractivity contribution in [2.75, 3.05) is 6.79 Å². The van der Waals surface area contributed by atoms with Crippen LogP contribution in [0.3, 0.4) is 0 Å². The van der Waals surface area contributed by atoms with Crippen molar-refractivity contribution in [1.82, 2.24) is 0 Å². The number of allylic oxidation sites excluding steroid dienone is 1. The van der Waals surface area contributed by atoms with Crippen molar-refractivity contribution in [3.8, 4) is 29.1 Å². The van der Waals surface area contributed by atoms with E-state index in [0.29, 0.717) is 39.7 Å². The van der Waals surface area contributed by atoms with Crippen molar-refractivity contribution in [1.29, 1.82) is 5.26 Å². The van der Waals surface area contributed by atoms with Gasteiger partial charge in [0, 0.05) is 27.2 Å². The summed E-state index contributed by atoms with van der Waals surface area (Å²) in [5.74, 6) is 1.13. The first-order valence-corrected chi connectivity index (χ1v) is 10.5. The summed E-state index contributed by atoms with van der Waals surface area (Å²) < 4.78 is 37.6. The molecule has 2 N–H and O–H groups in total. The maximum absolute atomic E-state index is 14.1. The molecule has 5 rings (SSSR count). The molecule has 0 unspecified atom stereocenters. The first-order chi connectivity index (χ1) is 15.5. The molecule has 2 aliphatic rings. The van der Waals surface area contributed by atoms with E-state index < -0.39 is 5.92 Å². The van der Waals surface area contributed by atoms with Gasteiger partial charge in [-0.1, -0.05) is 34.1 Å². The van der Waals surface area contributed by atoms with Crippen LogP contribution in [0.1, 0.15) is 22.6 Å². The summed E-state index contributed by atoms with van der Waals surface area (Å²) in [6.45, 7) is 0.129. The van der Waals surface area contributed by atoms with Crippen molar-refractivity contribution >= 4 is 15.9 Å². The van der Waals surface area contributed by atoms with Crippen LogP contribution in [0, 0.1) is 17.1 Å². The van der Waals surface area contributed by atoms with Gasteiger partial charge in [-0.25, -0.2) is 4.39 Å². The van der Waals surface area contributed by atoms with Gasteiger partial charge in [0.1, 0.15) is 35.6 Å². The average molecular weight is 495 g/mol. The third-order valence-electron chi connectivity index (χ3n) is 5.33. The lowest BCUT2D eigenvalue weighted by atomic mass is 9.83. The lowest BCUT2D eigenvalue weighted by Gasteiger charge is -2.28. The number of nitriles is 1. The molecule has 160 valence electrons. The van der Waals surface area contributed by atoms with E-state index in [1.165, 1.54) is 6.07 Å². The van der Waals surface area contributed by atoms with Crippen LogP contribution in [0.25, 0.3) is 0 Å². The zero-order valence-corrected chi connectivity index (χ0v) is 18.2. The second-order valence-corrected chi connectivity index (χ2v) is 8.15. The summed E-state index contributed by atoms with van der Waals surface area (Å²) in [6.07, 6.45) is 0. The number of hydrogen-bond donors (Lipinski definition) is 1. The topological polar surface area (TPSA) is 86.7 Å². The normalized spacial score (nSPS) is 16.2. The predicted octanol–water partition coefficient (Wildman–Crippen LogP) is 5.11. The van der Waals surface area contributed by atoms with Crippen molar-refractivity contribution in [3.63, 3.8) is 0 Å². The molecule has 0 aromatic heterocycles. The number of rotatable bonds is 4. The highest BCUT2D eigenvalue weighted by atomic mass is 79.9. The quantitative estimate of drug-likeness (QED) is 0.541. The highest BCUT2D eigenvalue weighted by molar-refractivity contribution is 9.10. The SMILES string of the molecule is N#CC1=C(N)Oc2cc3c(cc2[C@H]1c1cc(Br)ccc1OCc1ccccc1F)OCO3. The lowest BCUT2D eigenvalue weighted by Crippen LogP contribution is -2.21. The largest absolute Gasteiger partial charge is 0.488 e. The van der Waals surface area contributed by atoms with Crippen molar-refractivity contribution in [3.05, 3.63) is 93.0 Å². The molecule has 2 heterocycles. The molecule has 0 fully saturated rings. The molecule has 0 saturated heterocycles. The van der Waals surface area contributed by atoms with E-state index in [1.807, 2.05) is 12.1 Å². The Labute approximate surface area is 191 Å². The fraction of sp³-hybridized carbons (Fsp3) is 0.125. The third-order valence-corrected chi connectivity index (χ3v) is 5.83. The monoisotopic (exact) mass is 494 g/mol. The van der Waals surface area contributed by atoms with E-state index >= 15 is 0 Å². The van der Waals surface area contributed by atoms with Gasteiger partial charge >= 0.3 is 0 Å². The molecule has 0 aliphatic carbocycles. The second-order valence-electron chi connectivity index (χ2n) is 7.23. The number of hydrogen-bond acceptors (Lipinski definition) is 6. The van der Waals surface area contributed by atoms with Crippen molar-refractivity contribution in [2.24, 2.45) is 5.73 Å². The zero-order valence-electron chi connectivity index (χ0n) is 16.6.